The van der Waals surface area contributed by atoms with Crippen molar-refractivity contribution in [2.45, 2.75) is 31.6 Å². The van der Waals surface area contributed by atoms with Gasteiger partial charge in [0.2, 0.25) is 5.95 Å². The van der Waals surface area contributed by atoms with E-state index in [1.807, 2.05) is 4.90 Å². The van der Waals surface area contributed by atoms with Crippen LogP contribution in [-0.4, -0.2) is 41.0 Å². The fraction of sp³-hybridized carbons (Fsp3) is 0.444. The maximum Gasteiger partial charge on any atom is 0.433 e. The van der Waals surface area contributed by atoms with E-state index in [4.69, 9.17) is 0 Å². The Hall–Kier alpha value is -2.29. The van der Waals surface area contributed by atoms with Crippen LogP contribution in [0.25, 0.3) is 0 Å². The predicted molar refractivity (Wildman–Crippen MR) is 90.1 cm³/mol. The predicted octanol–water partition coefficient (Wildman–Crippen LogP) is 3.87. The molecule has 1 fully saturated rings. The molecule has 146 valence electrons. The van der Waals surface area contributed by atoms with Gasteiger partial charge in [-0.05, 0) is 37.6 Å². The van der Waals surface area contributed by atoms with Crippen LogP contribution in [0, 0.1) is 11.6 Å². The number of hydrogen-bond donors (Lipinski definition) is 0. The standard InChI is InChI=1S/C18H19F5N4/c1-26(17-24-8-7-16(25-17)18(21,22)23)12-4-3-9-27(10-12)11-13-14(19)5-2-6-15(13)20/h2,5-8,12H,3-4,9-11H2,1H3. The molecule has 0 spiro atoms. The minimum absolute atomic E-state index is 0.00359. The van der Waals surface area contributed by atoms with E-state index >= 15 is 0 Å². The van der Waals surface area contributed by atoms with Crippen molar-refractivity contribution in [3.8, 4) is 0 Å². The van der Waals surface area contributed by atoms with Crippen molar-refractivity contribution >= 4 is 5.95 Å². The molecule has 1 atom stereocenters. The zero-order valence-corrected chi connectivity index (χ0v) is 14.7. The highest BCUT2D eigenvalue weighted by molar-refractivity contribution is 5.32. The largest absolute Gasteiger partial charge is 0.433 e. The van der Waals surface area contributed by atoms with Gasteiger partial charge >= 0.3 is 6.18 Å². The number of anilines is 1. The first-order valence-corrected chi connectivity index (χ1v) is 8.54. The van der Waals surface area contributed by atoms with Crippen molar-refractivity contribution < 1.29 is 22.0 Å². The maximum absolute atomic E-state index is 13.9. The SMILES string of the molecule is CN(c1nccc(C(F)(F)F)n1)C1CCCN(Cc2c(F)cccc2F)C1. The fourth-order valence-corrected chi connectivity index (χ4v) is 3.24. The number of hydrogen-bond acceptors (Lipinski definition) is 4. The van der Waals surface area contributed by atoms with Crippen LogP contribution in [0.5, 0.6) is 0 Å². The molecule has 2 heterocycles. The number of rotatable bonds is 4. The van der Waals surface area contributed by atoms with Gasteiger partial charge in [-0.15, -0.1) is 0 Å². The molecular formula is C18H19F5N4. The molecular weight excluding hydrogens is 367 g/mol. The van der Waals surface area contributed by atoms with Crippen molar-refractivity contribution in [1.82, 2.24) is 14.9 Å². The van der Waals surface area contributed by atoms with E-state index in [2.05, 4.69) is 9.97 Å². The molecule has 1 aromatic carbocycles. The molecule has 27 heavy (non-hydrogen) atoms. The summed E-state index contributed by atoms with van der Waals surface area (Å²) in [5.41, 5.74) is -1.00. The van der Waals surface area contributed by atoms with Gasteiger partial charge in [0.15, 0.2) is 0 Å². The Labute approximate surface area is 153 Å². The summed E-state index contributed by atoms with van der Waals surface area (Å²) in [4.78, 5) is 11.0. The Morgan fingerprint density at radius 1 is 1.19 bits per heavy atom. The van der Waals surface area contributed by atoms with Gasteiger partial charge in [0.25, 0.3) is 0 Å². The summed E-state index contributed by atoms with van der Waals surface area (Å²) in [6, 6.07) is 4.40. The number of nitrogens with zero attached hydrogens (tertiary/aromatic N) is 4. The number of alkyl halides is 3. The first-order chi connectivity index (χ1) is 12.8. The van der Waals surface area contributed by atoms with E-state index < -0.39 is 23.5 Å². The third kappa shape index (κ3) is 4.52. The molecule has 3 rings (SSSR count). The van der Waals surface area contributed by atoms with E-state index in [1.165, 1.54) is 18.2 Å². The van der Waals surface area contributed by atoms with Crippen molar-refractivity contribution in [1.29, 1.82) is 0 Å². The summed E-state index contributed by atoms with van der Waals surface area (Å²) in [5, 5.41) is 0. The summed E-state index contributed by atoms with van der Waals surface area (Å²) in [7, 11) is 1.63. The zero-order chi connectivity index (χ0) is 19.6. The van der Waals surface area contributed by atoms with E-state index in [1.54, 1.807) is 11.9 Å². The van der Waals surface area contributed by atoms with Gasteiger partial charge in [-0.1, -0.05) is 6.07 Å². The summed E-state index contributed by atoms with van der Waals surface area (Å²) in [5.74, 6) is -1.23. The molecule has 0 aliphatic carbocycles. The van der Waals surface area contributed by atoms with Gasteiger partial charge in [-0.2, -0.15) is 13.2 Å². The Morgan fingerprint density at radius 3 is 2.56 bits per heavy atom. The van der Waals surface area contributed by atoms with Gasteiger partial charge in [0, 0.05) is 37.9 Å². The maximum atomic E-state index is 13.9. The molecule has 0 radical (unpaired) electrons. The van der Waals surface area contributed by atoms with E-state index in [0.717, 1.165) is 25.1 Å². The van der Waals surface area contributed by atoms with Crippen LogP contribution in [-0.2, 0) is 12.7 Å². The Kier molecular flexibility index (Phi) is 5.59. The van der Waals surface area contributed by atoms with E-state index in [0.29, 0.717) is 13.1 Å². The van der Waals surface area contributed by atoms with Crippen LogP contribution >= 0.6 is 0 Å². The molecule has 0 saturated carbocycles. The van der Waals surface area contributed by atoms with Gasteiger partial charge in [-0.3, -0.25) is 4.90 Å². The summed E-state index contributed by atoms with van der Waals surface area (Å²) >= 11 is 0. The minimum atomic E-state index is -4.54. The average Bonchev–Trinajstić information content (AvgIpc) is 2.64. The Balaban J connectivity index is 1.72. The first kappa shape index (κ1) is 19.5. The van der Waals surface area contributed by atoms with Gasteiger partial charge < -0.3 is 4.90 Å². The third-order valence-electron chi connectivity index (χ3n) is 4.72. The molecule has 0 bridgehead atoms. The lowest BCUT2D eigenvalue weighted by atomic mass is 10.0. The van der Waals surface area contributed by atoms with E-state index in [-0.39, 0.29) is 24.1 Å². The van der Waals surface area contributed by atoms with Crippen LogP contribution in [0.3, 0.4) is 0 Å². The second-order valence-corrected chi connectivity index (χ2v) is 6.58. The molecule has 0 amide bonds. The second kappa shape index (κ2) is 7.75. The van der Waals surface area contributed by atoms with Gasteiger partial charge in [-0.25, -0.2) is 18.7 Å². The van der Waals surface area contributed by atoms with E-state index in [9.17, 15) is 22.0 Å². The number of likely N-dealkylation sites (N-methyl/N-ethyl adjacent to an activating group) is 1. The van der Waals surface area contributed by atoms with Gasteiger partial charge in [0.05, 0.1) is 0 Å². The highest BCUT2D eigenvalue weighted by atomic mass is 19.4. The Bertz CT molecular complexity index is 775. The molecule has 0 N–H and O–H groups in total. The fourth-order valence-electron chi connectivity index (χ4n) is 3.24. The average molecular weight is 386 g/mol. The highest BCUT2D eigenvalue weighted by Crippen LogP contribution is 2.29. The summed E-state index contributed by atoms with van der Waals surface area (Å²) < 4.78 is 66.4. The van der Waals surface area contributed by atoms with Gasteiger partial charge in [0.1, 0.15) is 17.3 Å². The molecule has 1 aliphatic rings. The normalized spacial score (nSPS) is 18.5. The number of likely N-dealkylation sites (tertiary alicyclic amines) is 1. The summed E-state index contributed by atoms with van der Waals surface area (Å²) in [6.45, 7) is 1.21. The first-order valence-electron chi connectivity index (χ1n) is 8.54. The van der Waals surface area contributed by atoms with Crippen LogP contribution in [0.15, 0.2) is 30.5 Å². The monoisotopic (exact) mass is 386 g/mol. The Morgan fingerprint density at radius 2 is 1.89 bits per heavy atom. The van der Waals surface area contributed by atoms with Crippen LogP contribution < -0.4 is 4.90 Å². The lowest BCUT2D eigenvalue weighted by Crippen LogP contribution is -2.47. The number of halogens is 5. The molecule has 9 heteroatoms. The lowest BCUT2D eigenvalue weighted by Gasteiger charge is -2.37. The second-order valence-electron chi connectivity index (χ2n) is 6.58. The number of piperidine rings is 1. The smallest absolute Gasteiger partial charge is 0.340 e. The minimum Gasteiger partial charge on any atom is -0.340 e. The molecule has 4 nitrogen and oxygen atoms in total. The quantitative estimate of drug-likeness (QED) is 0.747. The van der Waals surface area contributed by atoms with Crippen molar-refractivity contribution in [3.05, 3.63) is 53.4 Å². The third-order valence-corrected chi connectivity index (χ3v) is 4.72. The lowest BCUT2D eigenvalue weighted by molar-refractivity contribution is -0.141. The molecule has 2 aromatic rings. The molecule has 1 saturated heterocycles. The topological polar surface area (TPSA) is 32.3 Å². The molecule has 1 aliphatic heterocycles. The van der Waals surface area contributed by atoms with Crippen molar-refractivity contribution in [2.75, 3.05) is 25.0 Å². The zero-order valence-electron chi connectivity index (χ0n) is 14.7. The van der Waals surface area contributed by atoms with Crippen molar-refractivity contribution in [2.24, 2.45) is 0 Å². The van der Waals surface area contributed by atoms with Crippen LogP contribution in [0.1, 0.15) is 24.1 Å². The van der Waals surface area contributed by atoms with Crippen LogP contribution in [0.2, 0.25) is 0 Å². The summed E-state index contributed by atoms with van der Waals surface area (Å²) in [6.07, 6.45) is -1.98. The van der Waals surface area contributed by atoms with Crippen molar-refractivity contribution in [3.63, 3.8) is 0 Å². The number of aromatic nitrogens is 2. The van der Waals surface area contributed by atoms with Crippen LogP contribution in [0.4, 0.5) is 27.9 Å². The molecule has 1 aromatic heterocycles. The molecule has 1 unspecified atom stereocenters. The number of benzene rings is 1. The highest BCUT2D eigenvalue weighted by Gasteiger charge is 2.34.